The van der Waals surface area contributed by atoms with Crippen molar-refractivity contribution in [2.24, 2.45) is 0 Å². The van der Waals surface area contributed by atoms with E-state index >= 15 is 0 Å². The quantitative estimate of drug-likeness (QED) is 0.794. The highest BCUT2D eigenvalue weighted by atomic mass is 32.2. The molecule has 0 bridgehead atoms. The van der Waals surface area contributed by atoms with Crippen LogP contribution >= 0.6 is 11.3 Å². The maximum absolute atomic E-state index is 12.2. The van der Waals surface area contributed by atoms with Crippen molar-refractivity contribution in [1.29, 1.82) is 0 Å². The molecular formula is C14H20N2O3S2. The third-order valence-electron chi connectivity index (χ3n) is 3.22. The number of unbranched alkanes of at least 4 members (excludes halogenated alkanes) is 1. The molecule has 0 atom stereocenters. The number of fused-ring (bicyclic) bond motifs is 1. The van der Waals surface area contributed by atoms with Crippen LogP contribution in [0.3, 0.4) is 0 Å². The van der Waals surface area contributed by atoms with Crippen molar-refractivity contribution in [2.75, 3.05) is 6.54 Å². The van der Waals surface area contributed by atoms with Crippen LogP contribution in [0.4, 0.5) is 0 Å². The fourth-order valence-corrected chi connectivity index (χ4v) is 4.25. The predicted molar refractivity (Wildman–Crippen MR) is 86.5 cm³/mol. The van der Waals surface area contributed by atoms with E-state index in [4.69, 9.17) is 0 Å². The van der Waals surface area contributed by atoms with E-state index < -0.39 is 10.0 Å². The summed E-state index contributed by atoms with van der Waals surface area (Å²) in [6.07, 6.45) is 2.61. The van der Waals surface area contributed by atoms with Gasteiger partial charge in [-0.05, 0) is 31.0 Å². The minimum Gasteiger partial charge on any atom is -0.299 e. The highest BCUT2D eigenvalue weighted by Crippen LogP contribution is 2.22. The van der Waals surface area contributed by atoms with E-state index in [0.29, 0.717) is 17.8 Å². The normalized spacial score (nSPS) is 12.1. The molecule has 0 amide bonds. The SMILES string of the molecule is CCCCNS(=O)(=O)c1ccc2c(c1)sc(=O)n2CCC. The van der Waals surface area contributed by atoms with Crippen LogP contribution in [0, 0.1) is 0 Å². The predicted octanol–water partition coefficient (Wildman–Crippen LogP) is 2.55. The molecule has 0 saturated heterocycles. The first-order valence-corrected chi connectivity index (χ1v) is 9.42. The van der Waals surface area contributed by atoms with Crippen molar-refractivity contribution in [3.05, 3.63) is 27.9 Å². The van der Waals surface area contributed by atoms with Crippen LogP contribution in [-0.2, 0) is 16.6 Å². The van der Waals surface area contributed by atoms with Crippen LogP contribution < -0.4 is 9.60 Å². The van der Waals surface area contributed by atoms with E-state index in [0.717, 1.165) is 36.1 Å². The molecule has 1 N–H and O–H groups in total. The Labute approximate surface area is 128 Å². The molecule has 5 nitrogen and oxygen atoms in total. The number of hydrogen-bond donors (Lipinski definition) is 1. The van der Waals surface area contributed by atoms with E-state index in [1.807, 2.05) is 13.8 Å². The van der Waals surface area contributed by atoms with Crippen molar-refractivity contribution in [3.8, 4) is 0 Å². The molecule has 1 aromatic heterocycles. The fraction of sp³-hybridized carbons (Fsp3) is 0.500. The molecule has 2 rings (SSSR count). The number of nitrogens with one attached hydrogen (secondary N) is 1. The Morgan fingerprint density at radius 2 is 2.00 bits per heavy atom. The zero-order chi connectivity index (χ0) is 15.5. The van der Waals surface area contributed by atoms with Gasteiger partial charge in [0, 0.05) is 13.1 Å². The summed E-state index contributed by atoms with van der Waals surface area (Å²) >= 11 is 1.09. The van der Waals surface area contributed by atoms with Crippen molar-refractivity contribution in [2.45, 2.75) is 44.6 Å². The minimum atomic E-state index is -3.49. The van der Waals surface area contributed by atoms with Crippen molar-refractivity contribution >= 4 is 31.6 Å². The van der Waals surface area contributed by atoms with Crippen molar-refractivity contribution < 1.29 is 8.42 Å². The van der Waals surface area contributed by atoms with Crippen molar-refractivity contribution in [3.63, 3.8) is 0 Å². The Bertz CT molecular complexity index is 775. The van der Waals surface area contributed by atoms with Crippen LogP contribution in [-0.4, -0.2) is 19.5 Å². The van der Waals surface area contributed by atoms with E-state index in [9.17, 15) is 13.2 Å². The van der Waals surface area contributed by atoms with Crippen molar-refractivity contribution in [1.82, 2.24) is 9.29 Å². The summed E-state index contributed by atoms with van der Waals surface area (Å²) < 4.78 is 29.3. The zero-order valence-corrected chi connectivity index (χ0v) is 13.9. The summed E-state index contributed by atoms with van der Waals surface area (Å²) in [4.78, 5) is 12.1. The highest BCUT2D eigenvalue weighted by Gasteiger charge is 2.16. The molecule has 0 unspecified atom stereocenters. The number of hydrogen-bond acceptors (Lipinski definition) is 4. The van der Waals surface area contributed by atoms with Gasteiger partial charge in [-0.15, -0.1) is 0 Å². The molecule has 1 heterocycles. The lowest BCUT2D eigenvalue weighted by molar-refractivity contribution is 0.578. The van der Waals surface area contributed by atoms with Crippen LogP contribution in [0.15, 0.2) is 27.9 Å². The molecule has 21 heavy (non-hydrogen) atoms. The summed E-state index contributed by atoms with van der Waals surface area (Å²) in [5.74, 6) is 0. The number of sulfonamides is 1. The summed E-state index contributed by atoms with van der Waals surface area (Å²) in [6, 6.07) is 4.87. The van der Waals surface area contributed by atoms with Gasteiger partial charge in [0.1, 0.15) is 0 Å². The number of benzene rings is 1. The fourth-order valence-electron chi connectivity index (χ4n) is 2.12. The van der Waals surface area contributed by atoms with Gasteiger partial charge in [0.25, 0.3) is 0 Å². The van der Waals surface area contributed by atoms with E-state index in [1.165, 1.54) is 0 Å². The number of aryl methyl sites for hydroxylation is 1. The number of aromatic nitrogens is 1. The van der Waals surface area contributed by atoms with Gasteiger partial charge >= 0.3 is 4.87 Å². The van der Waals surface area contributed by atoms with Gasteiger partial charge in [-0.25, -0.2) is 13.1 Å². The second-order valence-corrected chi connectivity index (χ2v) is 7.66. The van der Waals surface area contributed by atoms with Crippen LogP contribution in [0.2, 0.25) is 0 Å². The van der Waals surface area contributed by atoms with Gasteiger partial charge in [0.15, 0.2) is 0 Å². The molecule has 0 spiro atoms. The van der Waals surface area contributed by atoms with Crippen LogP contribution in [0.5, 0.6) is 0 Å². The second-order valence-electron chi connectivity index (χ2n) is 4.90. The molecule has 0 aliphatic carbocycles. The lowest BCUT2D eigenvalue weighted by Gasteiger charge is -2.06. The summed E-state index contributed by atoms with van der Waals surface area (Å²) in [5, 5.41) is 0. The molecule has 1 aromatic carbocycles. The standard InChI is InChI=1S/C14H20N2O3S2/c1-3-5-8-15-21(18,19)11-6-7-12-13(10-11)20-14(17)16(12)9-4-2/h6-7,10,15H,3-5,8-9H2,1-2H3. The van der Waals surface area contributed by atoms with E-state index in [2.05, 4.69) is 4.72 Å². The monoisotopic (exact) mass is 328 g/mol. The molecule has 2 aromatic rings. The topological polar surface area (TPSA) is 68.2 Å². The Hall–Kier alpha value is -1.18. The first kappa shape index (κ1) is 16.2. The van der Waals surface area contributed by atoms with Crippen LogP contribution in [0.1, 0.15) is 33.1 Å². The molecular weight excluding hydrogens is 308 g/mol. The molecule has 7 heteroatoms. The average molecular weight is 328 g/mol. The first-order chi connectivity index (χ1) is 9.99. The zero-order valence-electron chi connectivity index (χ0n) is 12.3. The minimum absolute atomic E-state index is 0.0414. The Morgan fingerprint density at radius 1 is 1.24 bits per heavy atom. The highest BCUT2D eigenvalue weighted by molar-refractivity contribution is 7.89. The summed E-state index contributed by atoms with van der Waals surface area (Å²) in [5.41, 5.74) is 0.805. The van der Waals surface area contributed by atoms with E-state index in [-0.39, 0.29) is 9.77 Å². The molecule has 0 radical (unpaired) electrons. The summed E-state index contributed by atoms with van der Waals surface area (Å²) in [7, 11) is -3.49. The third-order valence-corrected chi connectivity index (χ3v) is 5.62. The Morgan fingerprint density at radius 3 is 2.67 bits per heavy atom. The van der Waals surface area contributed by atoms with Gasteiger partial charge < -0.3 is 0 Å². The third kappa shape index (κ3) is 3.53. The molecule has 0 aliphatic rings. The first-order valence-electron chi connectivity index (χ1n) is 7.12. The molecule has 116 valence electrons. The maximum Gasteiger partial charge on any atom is 0.308 e. The number of nitrogens with zero attached hydrogens (tertiary/aromatic N) is 1. The molecule has 0 aliphatic heterocycles. The molecule has 0 saturated carbocycles. The van der Waals surface area contributed by atoms with Gasteiger partial charge in [0.05, 0.1) is 15.1 Å². The largest absolute Gasteiger partial charge is 0.308 e. The summed E-state index contributed by atoms with van der Waals surface area (Å²) in [6.45, 7) is 5.10. The molecule has 0 fully saturated rings. The number of thiazole rings is 1. The lowest BCUT2D eigenvalue weighted by Crippen LogP contribution is -2.24. The number of rotatable bonds is 7. The second kappa shape index (κ2) is 6.72. The Balaban J connectivity index is 2.37. The van der Waals surface area contributed by atoms with E-state index in [1.54, 1.807) is 22.8 Å². The average Bonchev–Trinajstić information content (AvgIpc) is 2.75. The lowest BCUT2D eigenvalue weighted by atomic mass is 10.3. The van der Waals surface area contributed by atoms with Gasteiger partial charge in [0.2, 0.25) is 10.0 Å². The smallest absolute Gasteiger partial charge is 0.299 e. The van der Waals surface area contributed by atoms with Gasteiger partial charge in [-0.2, -0.15) is 0 Å². The van der Waals surface area contributed by atoms with Gasteiger partial charge in [-0.3, -0.25) is 9.36 Å². The maximum atomic E-state index is 12.2. The van der Waals surface area contributed by atoms with Gasteiger partial charge in [-0.1, -0.05) is 31.6 Å². The Kier molecular flexibility index (Phi) is 5.18. The van der Waals surface area contributed by atoms with Crippen LogP contribution in [0.25, 0.3) is 10.2 Å².